The van der Waals surface area contributed by atoms with Gasteiger partial charge in [-0.1, -0.05) is 53.2 Å². The number of esters is 1. The number of rotatable bonds is 2. The van der Waals surface area contributed by atoms with E-state index in [0.717, 1.165) is 37.7 Å². The van der Waals surface area contributed by atoms with Crippen LogP contribution in [0.1, 0.15) is 107 Å². The SMILES string of the molecule is CC(=O)O[C@H]1CC[C@]2(C)C3CC=C4C5[C@](C(=O)O)(CC[C@@H](C)[C@@]5(C)O)CC[C@@]4(C)[C@]3(C)C[C@@H](O)[C@H]2C1(C)C. The molecular formula is C32H50O6. The Hall–Kier alpha value is -1.40. The van der Waals surface area contributed by atoms with Crippen LogP contribution in [0, 0.1) is 50.7 Å². The summed E-state index contributed by atoms with van der Waals surface area (Å²) in [5, 5.41) is 34.5. The van der Waals surface area contributed by atoms with E-state index in [1.807, 2.05) is 6.92 Å². The highest BCUT2D eigenvalue weighted by Gasteiger charge is 2.72. The average Bonchev–Trinajstić information content (AvgIpc) is 2.78. The summed E-state index contributed by atoms with van der Waals surface area (Å²) in [6.07, 6.45) is 7.31. The van der Waals surface area contributed by atoms with Crippen molar-refractivity contribution in [1.29, 1.82) is 0 Å². The van der Waals surface area contributed by atoms with Gasteiger partial charge in [0.2, 0.25) is 0 Å². The van der Waals surface area contributed by atoms with E-state index in [0.29, 0.717) is 25.2 Å². The lowest BCUT2D eigenvalue weighted by Crippen LogP contribution is -2.70. The Morgan fingerprint density at radius 2 is 1.66 bits per heavy atom. The lowest BCUT2D eigenvalue weighted by Gasteiger charge is -2.72. The molecule has 0 aliphatic heterocycles. The van der Waals surface area contributed by atoms with Crippen LogP contribution in [-0.2, 0) is 14.3 Å². The fraction of sp³-hybridized carbons (Fsp3) is 0.875. The number of carbonyl (C=O) groups is 2. The first kappa shape index (κ1) is 28.1. The molecule has 3 N–H and O–H groups in total. The van der Waals surface area contributed by atoms with E-state index in [1.165, 1.54) is 6.92 Å². The highest BCUT2D eigenvalue weighted by atomic mass is 16.5. The Balaban J connectivity index is 1.62. The molecule has 0 spiro atoms. The second kappa shape index (κ2) is 8.31. The minimum Gasteiger partial charge on any atom is -0.481 e. The van der Waals surface area contributed by atoms with Crippen LogP contribution in [0.25, 0.3) is 0 Å². The summed E-state index contributed by atoms with van der Waals surface area (Å²) in [6.45, 7) is 16.7. The molecule has 0 radical (unpaired) electrons. The molecule has 214 valence electrons. The smallest absolute Gasteiger partial charge is 0.310 e. The van der Waals surface area contributed by atoms with Gasteiger partial charge >= 0.3 is 11.9 Å². The number of carboxylic acid groups (broad SMARTS) is 1. The minimum atomic E-state index is -1.10. The number of allylic oxidation sites excluding steroid dienone is 1. The topological polar surface area (TPSA) is 104 Å². The summed E-state index contributed by atoms with van der Waals surface area (Å²) < 4.78 is 5.80. The molecule has 4 fully saturated rings. The van der Waals surface area contributed by atoms with E-state index < -0.39 is 29.0 Å². The predicted molar refractivity (Wildman–Crippen MR) is 145 cm³/mol. The van der Waals surface area contributed by atoms with Crippen LogP contribution in [0.3, 0.4) is 0 Å². The summed E-state index contributed by atoms with van der Waals surface area (Å²) in [5.41, 5.74) is -1.98. The number of carboxylic acids is 1. The quantitative estimate of drug-likeness (QED) is 0.310. The van der Waals surface area contributed by atoms with E-state index in [2.05, 4.69) is 47.6 Å². The van der Waals surface area contributed by atoms with Gasteiger partial charge in [-0.05, 0) is 92.3 Å². The Morgan fingerprint density at radius 3 is 2.26 bits per heavy atom. The predicted octanol–water partition coefficient (Wildman–Crippen LogP) is 5.75. The normalized spacial score (nSPS) is 53.4. The number of ether oxygens (including phenoxy) is 1. The Bertz CT molecular complexity index is 1060. The molecule has 0 bridgehead atoms. The average molecular weight is 531 g/mol. The third-order valence-corrected chi connectivity index (χ3v) is 13.6. The van der Waals surface area contributed by atoms with Crippen molar-refractivity contribution < 1.29 is 29.6 Å². The third kappa shape index (κ3) is 3.31. The maximum absolute atomic E-state index is 12.9. The van der Waals surface area contributed by atoms with Gasteiger partial charge in [0.25, 0.3) is 0 Å². The molecule has 38 heavy (non-hydrogen) atoms. The first-order valence-electron chi connectivity index (χ1n) is 14.9. The molecule has 5 aliphatic carbocycles. The van der Waals surface area contributed by atoms with Gasteiger partial charge in [-0.25, -0.2) is 0 Å². The molecule has 11 atom stereocenters. The summed E-state index contributed by atoms with van der Waals surface area (Å²) in [5.74, 6) is -1.15. The fourth-order valence-electron chi connectivity index (χ4n) is 11.4. The molecule has 4 saturated carbocycles. The lowest BCUT2D eigenvalue weighted by atomic mass is 9.32. The van der Waals surface area contributed by atoms with E-state index in [4.69, 9.17) is 4.74 Å². The zero-order chi connectivity index (χ0) is 28.3. The minimum absolute atomic E-state index is 0.00997. The standard InChI is InChI=1S/C32H50O6/c1-18-11-14-32(26(35)36)16-15-29(6)20(24(32)31(18,8)37)9-10-22-28(5)13-12-23(38-19(2)33)27(3,4)25(28)21(34)17-30(22,29)7/h9,18,21-25,34,37H,10-17H2,1-8H3,(H,35,36)/t18-,21-,22?,23+,24?,25+,28-,29-,30-,31-,32+/m1/s1. The summed E-state index contributed by atoms with van der Waals surface area (Å²) in [4.78, 5) is 24.8. The number of hydrogen-bond donors (Lipinski definition) is 3. The molecule has 6 heteroatoms. The van der Waals surface area contributed by atoms with Crippen LogP contribution in [0.4, 0.5) is 0 Å². The zero-order valence-corrected chi connectivity index (χ0v) is 24.8. The van der Waals surface area contributed by atoms with Crippen molar-refractivity contribution in [3.8, 4) is 0 Å². The third-order valence-electron chi connectivity index (χ3n) is 13.6. The number of hydrogen-bond acceptors (Lipinski definition) is 5. The second-order valence-corrected chi connectivity index (χ2v) is 15.5. The molecule has 0 saturated heterocycles. The summed E-state index contributed by atoms with van der Waals surface area (Å²) >= 11 is 0. The fourth-order valence-corrected chi connectivity index (χ4v) is 11.4. The molecule has 6 nitrogen and oxygen atoms in total. The molecule has 0 amide bonds. The molecule has 0 aromatic heterocycles. The Kier molecular flexibility index (Phi) is 6.16. The van der Waals surface area contributed by atoms with E-state index in [9.17, 15) is 24.9 Å². The van der Waals surface area contributed by atoms with Crippen LogP contribution in [0.5, 0.6) is 0 Å². The van der Waals surface area contributed by atoms with Crippen molar-refractivity contribution in [2.75, 3.05) is 0 Å². The van der Waals surface area contributed by atoms with Crippen LogP contribution in [-0.4, -0.2) is 45.1 Å². The van der Waals surface area contributed by atoms with Crippen molar-refractivity contribution in [1.82, 2.24) is 0 Å². The lowest BCUT2D eigenvalue weighted by molar-refractivity contribution is -0.250. The molecule has 2 unspecified atom stereocenters. The monoisotopic (exact) mass is 530 g/mol. The van der Waals surface area contributed by atoms with Gasteiger partial charge < -0.3 is 20.1 Å². The molecule has 5 rings (SSSR count). The summed E-state index contributed by atoms with van der Waals surface area (Å²) in [6, 6.07) is 0. The van der Waals surface area contributed by atoms with Crippen LogP contribution < -0.4 is 0 Å². The van der Waals surface area contributed by atoms with Crippen molar-refractivity contribution in [3.05, 3.63) is 11.6 Å². The molecule has 0 heterocycles. The number of fused-ring (bicyclic) bond motifs is 7. The van der Waals surface area contributed by atoms with Crippen LogP contribution >= 0.6 is 0 Å². The van der Waals surface area contributed by atoms with Gasteiger partial charge in [0.1, 0.15) is 6.10 Å². The van der Waals surface area contributed by atoms with Crippen LogP contribution in [0.15, 0.2) is 11.6 Å². The first-order valence-corrected chi connectivity index (χ1v) is 14.9. The molecular weight excluding hydrogens is 480 g/mol. The highest BCUT2D eigenvalue weighted by Crippen LogP contribution is 2.76. The van der Waals surface area contributed by atoms with E-state index in [1.54, 1.807) is 0 Å². The van der Waals surface area contributed by atoms with Gasteiger partial charge in [-0.15, -0.1) is 0 Å². The van der Waals surface area contributed by atoms with E-state index >= 15 is 0 Å². The maximum atomic E-state index is 12.9. The zero-order valence-electron chi connectivity index (χ0n) is 24.8. The number of aliphatic hydroxyl groups is 2. The largest absolute Gasteiger partial charge is 0.481 e. The van der Waals surface area contributed by atoms with Crippen LogP contribution in [0.2, 0.25) is 0 Å². The Labute approximate surface area is 228 Å². The van der Waals surface area contributed by atoms with Gasteiger partial charge in [-0.2, -0.15) is 0 Å². The second-order valence-electron chi connectivity index (χ2n) is 15.5. The van der Waals surface area contributed by atoms with Crippen molar-refractivity contribution in [3.63, 3.8) is 0 Å². The van der Waals surface area contributed by atoms with Crippen molar-refractivity contribution in [2.24, 2.45) is 50.7 Å². The number of aliphatic carboxylic acids is 1. The van der Waals surface area contributed by atoms with Crippen molar-refractivity contribution in [2.45, 2.75) is 125 Å². The van der Waals surface area contributed by atoms with Gasteiger partial charge in [-0.3, -0.25) is 9.59 Å². The maximum Gasteiger partial charge on any atom is 0.310 e. The summed E-state index contributed by atoms with van der Waals surface area (Å²) in [7, 11) is 0. The first-order chi connectivity index (χ1) is 17.4. The number of aliphatic hydroxyl groups excluding tert-OH is 1. The number of carbonyl (C=O) groups excluding carboxylic acids is 1. The highest BCUT2D eigenvalue weighted by molar-refractivity contribution is 5.77. The molecule has 5 aliphatic rings. The van der Waals surface area contributed by atoms with Crippen molar-refractivity contribution >= 4 is 11.9 Å². The van der Waals surface area contributed by atoms with Gasteiger partial charge in [0.15, 0.2) is 0 Å². The van der Waals surface area contributed by atoms with E-state index in [-0.39, 0.29) is 45.6 Å². The molecule has 0 aromatic rings. The van der Waals surface area contributed by atoms with Gasteiger partial charge in [0, 0.05) is 18.3 Å². The Morgan fingerprint density at radius 1 is 1.00 bits per heavy atom. The molecule has 0 aromatic carbocycles. The van der Waals surface area contributed by atoms with Gasteiger partial charge in [0.05, 0.1) is 17.1 Å².